The fourth-order valence-electron chi connectivity index (χ4n) is 1.98. The fourth-order valence-corrected chi connectivity index (χ4v) is 1.98. The number of aryl methyl sites for hydroxylation is 1. The zero-order valence-corrected chi connectivity index (χ0v) is 11.6. The number of halogens is 3. The van der Waals surface area contributed by atoms with Gasteiger partial charge in [0.25, 0.3) is 0 Å². The lowest BCUT2D eigenvalue weighted by molar-refractivity contribution is -0.297. The van der Waals surface area contributed by atoms with Gasteiger partial charge in [-0.05, 0) is 30.4 Å². The van der Waals surface area contributed by atoms with Crippen LogP contribution in [0.15, 0.2) is 40.8 Å². The maximum atomic E-state index is 12.5. The molecule has 116 valence electrons. The third-order valence-electron chi connectivity index (χ3n) is 3.06. The van der Waals surface area contributed by atoms with E-state index in [2.05, 4.69) is 0 Å². The third kappa shape index (κ3) is 3.58. The minimum absolute atomic E-state index is 0.378. The van der Waals surface area contributed by atoms with Crippen LogP contribution >= 0.6 is 0 Å². The second kappa shape index (κ2) is 6.09. The van der Waals surface area contributed by atoms with Crippen molar-refractivity contribution in [2.24, 2.45) is 0 Å². The lowest BCUT2D eigenvalue weighted by Gasteiger charge is -2.06. The van der Waals surface area contributed by atoms with Gasteiger partial charge in [0.15, 0.2) is 0 Å². The second-order valence-corrected chi connectivity index (χ2v) is 4.57. The molecule has 2 aromatic rings. The first-order chi connectivity index (χ1) is 10.3. The molecule has 0 spiro atoms. The highest BCUT2D eigenvalue weighted by atomic mass is 19.4. The standard InChI is InChI=1S/C16H13F3O3/c1-2-13-11(5-8-15(20)21)9-14(22-13)10-3-6-12(7-4-10)16(17,18)19/h3-9H,2H2,1H3,(H,20,21)/p-1/b8-5+. The third-order valence-corrected chi connectivity index (χ3v) is 3.06. The Morgan fingerprint density at radius 3 is 2.41 bits per heavy atom. The van der Waals surface area contributed by atoms with E-state index in [9.17, 15) is 23.1 Å². The molecule has 0 saturated carbocycles. The predicted molar refractivity (Wildman–Crippen MR) is 72.6 cm³/mol. The van der Waals surface area contributed by atoms with Crippen LogP contribution in [-0.4, -0.2) is 5.97 Å². The van der Waals surface area contributed by atoms with Crippen LogP contribution in [0.4, 0.5) is 13.2 Å². The molecule has 1 aromatic carbocycles. The summed E-state index contributed by atoms with van der Waals surface area (Å²) in [5.74, 6) is -0.407. The first kappa shape index (κ1) is 15.9. The average Bonchev–Trinajstić information content (AvgIpc) is 2.87. The van der Waals surface area contributed by atoms with Crippen molar-refractivity contribution in [3.8, 4) is 11.3 Å². The van der Waals surface area contributed by atoms with E-state index >= 15 is 0 Å². The normalized spacial score (nSPS) is 12.0. The fraction of sp³-hybridized carbons (Fsp3) is 0.188. The Morgan fingerprint density at radius 1 is 1.27 bits per heavy atom. The molecule has 0 unspecified atom stereocenters. The number of carboxylic acid groups (broad SMARTS) is 1. The van der Waals surface area contributed by atoms with E-state index in [1.54, 1.807) is 6.07 Å². The summed E-state index contributed by atoms with van der Waals surface area (Å²) in [6, 6.07) is 6.15. The molecule has 0 fully saturated rings. The van der Waals surface area contributed by atoms with E-state index in [1.807, 2.05) is 6.92 Å². The van der Waals surface area contributed by atoms with Crippen LogP contribution in [0.3, 0.4) is 0 Å². The summed E-state index contributed by atoms with van der Waals surface area (Å²) >= 11 is 0. The molecule has 1 heterocycles. The summed E-state index contributed by atoms with van der Waals surface area (Å²) < 4.78 is 43.1. The Morgan fingerprint density at radius 2 is 1.91 bits per heavy atom. The summed E-state index contributed by atoms with van der Waals surface area (Å²) in [5.41, 5.74) is 0.299. The molecule has 0 radical (unpaired) electrons. The zero-order valence-electron chi connectivity index (χ0n) is 11.6. The largest absolute Gasteiger partial charge is 0.545 e. The quantitative estimate of drug-likeness (QED) is 0.814. The van der Waals surface area contributed by atoms with Crippen LogP contribution in [0.5, 0.6) is 0 Å². The number of benzene rings is 1. The maximum absolute atomic E-state index is 12.5. The topological polar surface area (TPSA) is 53.3 Å². The monoisotopic (exact) mass is 309 g/mol. The number of hydrogen-bond acceptors (Lipinski definition) is 3. The molecule has 1 aromatic heterocycles. The Balaban J connectivity index is 2.35. The highest BCUT2D eigenvalue weighted by Crippen LogP contribution is 2.32. The number of rotatable bonds is 4. The summed E-state index contributed by atoms with van der Waals surface area (Å²) in [5, 5.41) is 10.4. The van der Waals surface area contributed by atoms with Crippen LogP contribution in [0.2, 0.25) is 0 Å². The Bertz CT molecular complexity index is 694. The Kier molecular flexibility index (Phi) is 4.40. The number of carboxylic acids is 1. The van der Waals surface area contributed by atoms with Gasteiger partial charge in [0.05, 0.1) is 11.5 Å². The molecule has 0 atom stereocenters. The zero-order chi connectivity index (χ0) is 16.3. The van der Waals surface area contributed by atoms with E-state index in [0.717, 1.165) is 18.2 Å². The number of furan rings is 1. The SMILES string of the molecule is CCc1oc(-c2ccc(C(F)(F)F)cc2)cc1/C=C/C(=O)[O-]. The number of carbonyl (C=O) groups is 1. The highest BCUT2D eigenvalue weighted by molar-refractivity contribution is 5.84. The van der Waals surface area contributed by atoms with Crippen LogP contribution in [0, 0.1) is 0 Å². The number of hydrogen-bond donors (Lipinski definition) is 0. The minimum atomic E-state index is -4.39. The summed E-state index contributed by atoms with van der Waals surface area (Å²) in [4.78, 5) is 10.4. The molecule has 0 aliphatic carbocycles. The predicted octanol–water partition coefficient (Wildman–Crippen LogP) is 3.29. The number of alkyl halides is 3. The lowest BCUT2D eigenvalue weighted by Crippen LogP contribution is -2.18. The van der Waals surface area contributed by atoms with Crippen molar-refractivity contribution in [2.75, 3.05) is 0 Å². The molecule has 0 saturated heterocycles. The molecule has 0 aliphatic heterocycles. The molecular formula is C16H12F3O3-. The molecule has 0 bridgehead atoms. The van der Waals surface area contributed by atoms with Gasteiger partial charge in [-0.2, -0.15) is 13.2 Å². The van der Waals surface area contributed by atoms with Crippen molar-refractivity contribution < 1.29 is 27.5 Å². The molecule has 0 aliphatic rings. The van der Waals surface area contributed by atoms with Gasteiger partial charge in [0, 0.05) is 17.5 Å². The van der Waals surface area contributed by atoms with Crippen LogP contribution in [-0.2, 0) is 17.4 Å². The van der Waals surface area contributed by atoms with Crippen molar-refractivity contribution >= 4 is 12.0 Å². The molecule has 22 heavy (non-hydrogen) atoms. The molecule has 2 rings (SSSR count). The van der Waals surface area contributed by atoms with Crippen LogP contribution in [0.1, 0.15) is 23.8 Å². The highest BCUT2D eigenvalue weighted by Gasteiger charge is 2.30. The van der Waals surface area contributed by atoms with E-state index < -0.39 is 17.7 Å². The van der Waals surface area contributed by atoms with Crippen LogP contribution < -0.4 is 5.11 Å². The number of aliphatic carboxylic acids is 1. The summed E-state index contributed by atoms with van der Waals surface area (Å²) in [7, 11) is 0. The molecular weight excluding hydrogens is 297 g/mol. The van der Waals surface area contributed by atoms with Crippen molar-refractivity contribution in [3.63, 3.8) is 0 Å². The van der Waals surface area contributed by atoms with Gasteiger partial charge < -0.3 is 14.3 Å². The summed E-state index contributed by atoms with van der Waals surface area (Å²) in [6.07, 6.45) is -1.65. The molecule has 3 nitrogen and oxygen atoms in total. The molecule has 6 heteroatoms. The van der Waals surface area contributed by atoms with E-state index in [4.69, 9.17) is 4.42 Å². The average molecular weight is 309 g/mol. The van der Waals surface area contributed by atoms with Crippen molar-refractivity contribution in [1.82, 2.24) is 0 Å². The molecule has 0 N–H and O–H groups in total. The van der Waals surface area contributed by atoms with Gasteiger partial charge in [0.2, 0.25) is 0 Å². The van der Waals surface area contributed by atoms with Crippen molar-refractivity contribution in [3.05, 3.63) is 53.3 Å². The van der Waals surface area contributed by atoms with Gasteiger partial charge in [-0.25, -0.2) is 0 Å². The smallest absolute Gasteiger partial charge is 0.416 e. The number of carbonyl (C=O) groups excluding carboxylic acids is 1. The Labute approximate surface area is 124 Å². The maximum Gasteiger partial charge on any atom is 0.416 e. The van der Waals surface area contributed by atoms with E-state index in [-0.39, 0.29) is 0 Å². The summed E-state index contributed by atoms with van der Waals surface area (Å²) in [6.45, 7) is 1.83. The van der Waals surface area contributed by atoms with Gasteiger partial charge >= 0.3 is 6.18 Å². The van der Waals surface area contributed by atoms with Gasteiger partial charge in [-0.15, -0.1) is 0 Å². The van der Waals surface area contributed by atoms with Crippen molar-refractivity contribution in [1.29, 1.82) is 0 Å². The van der Waals surface area contributed by atoms with Gasteiger partial charge in [-0.3, -0.25) is 0 Å². The molecule has 0 amide bonds. The van der Waals surface area contributed by atoms with E-state index in [1.165, 1.54) is 18.2 Å². The van der Waals surface area contributed by atoms with Gasteiger partial charge in [-0.1, -0.05) is 19.1 Å². The van der Waals surface area contributed by atoms with Gasteiger partial charge in [0.1, 0.15) is 11.5 Å². The lowest BCUT2D eigenvalue weighted by atomic mass is 10.1. The minimum Gasteiger partial charge on any atom is -0.545 e. The first-order valence-corrected chi connectivity index (χ1v) is 6.50. The van der Waals surface area contributed by atoms with Crippen LogP contribution in [0.25, 0.3) is 17.4 Å². The second-order valence-electron chi connectivity index (χ2n) is 4.57. The Hall–Kier alpha value is -2.50. The van der Waals surface area contributed by atoms with Crippen molar-refractivity contribution in [2.45, 2.75) is 19.5 Å². The first-order valence-electron chi connectivity index (χ1n) is 6.50. The van der Waals surface area contributed by atoms with E-state index in [0.29, 0.717) is 29.1 Å².